The van der Waals surface area contributed by atoms with Gasteiger partial charge in [0.15, 0.2) is 0 Å². The van der Waals surface area contributed by atoms with Crippen molar-refractivity contribution in [3.63, 3.8) is 0 Å². The van der Waals surface area contributed by atoms with Crippen LogP contribution in [0, 0.1) is 6.92 Å². The molecule has 3 aromatic carbocycles. The topological polar surface area (TPSA) is 89.0 Å². The number of hydrogen-bond donors (Lipinski definition) is 1. The number of aromatic nitrogens is 1. The molecule has 1 fully saturated rings. The molecule has 1 aromatic heterocycles. The Morgan fingerprint density at radius 3 is 2.29 bits per heavy atom. The Balaban J connectivity index is 1.47. The van der Waals surface area contributed by atoms with Crippen LogP contribution in [0.25, 0.3) is 5.76 Å². The molecular weight excluding hydrogens is 516 g/mol. The Morgan fingerprint density at radius 1 is 0.902 bits per heavy atom. The van der Waals surface area contributed by atoms with E-state index in [0.717, 1.165) is 23.1 Å². The van der Waals surface area contributed by atoms with Crippen molar-refractivity contribution < 1.29 is 24.2 Å². The molecule has 7 heteroatoms. The van der Waals surface area contributed by atoms with Gasteiger partial charge in [-0.2, -0.15) is 0 Å². The smallest absolute Gasteiger partial charge is 0.295 e. The Morgan fingerprint density at radius 2 is 1.61 bits per heavy atom. The van der Waals surface area contributed by atoms with Crippen molar-refractivity contribution in [3.05, 3.63) is 131 Å². The third-order valence-electron chi connectivity index (χ3n) is 7.07. The zero-order chi connectivity index (χ0) is 28.8. The lowest BCUT2D eigenvalue weighted by molar-refractivity contribution is -0.140. The highest BCUT2D eigenvalue weighted by Crippen LogP contribution is 2.40. The predicted molar refractivity (Wildman–Crippen MR) is 156 cm³/mol. The number of carbonyl (C=O) groups is 2. The van der Waals surface area contributed by atoms with E-state index in [9.17, 15) is 14.7 Å². The van der Waals surface area contributed by atoms with Crippen LogP contribution in [0.5, 0.6) is 11.5 Å². The standard InChI is InChI=1S/C34H32N2O5/c1-3-19-40-28-14-10-25(11-15-28)31-30(33(38)34(39)36(31)21-24-8-6-18-35-20-24)32(37)26-12-16-29(17-13-26)41-22-27-9-5-4-7-23(27)2/h4-18,20,31,37H,3,19,21-22H2,1-2H3. The molecule has 1 saturated heterocycles. The summed E-state index contributed by atoms with van der Waals surface area (Å²) in [6, 6.07) is 25.0. The first-order valence-electron chi connectivity index (χ1n) is 13.6. The molecule has 0 radical (unpaired) electrons. The van der Waals surface area contributed by atoms with E-state index in [-0.39, 0.29) is 17.9 Å². The molecule has 0 aliphatic carbocycles. The first-order chi connectivity index (χ1) is 20.0. The number of aryl methyl sites for hydroxylation is 1. The van der Waals surface area contributed by atoms with Crippen LogP contribution in [-0.4, -0.2) is 33.3 Å². The number of aliphatic hydroxyl groups is 1. The Bertz CT molecular complexity index is 1550. The highest BCUT2D eigenvalue weighted by molar-refractivity contribution is 6.46. The summed E-state index contributed by atoms with van der Waals surface area (Å²) in [4.78, 5) is 32.3. The van der Waals surface area contributed by atoms with Crippen LogP contribution in [0.2, 0.25) is 0 Å². The summed E-state index contributed by atoms with van der Waals surface area (Å²) >= 11 is 0. The van der Waals surface area contributed by atoms with Gasteiger partial charge in [-0.3, -0.25) is 14.6 Å². The number of nitrogens with zero attached hydrogens (tertiary/aromatic N) is 2. The van der Waals surface area contributed by atoms with Gasteiger partial charge >= 0.3 is 0 Å². The van der Waals surface area contributed by atoms with Crippen molar-refractivity contribution in [3.8, 4) is 11.5 Å². The van der Waals surface area contributed by atoms with Crippen molar-refractivity contribution in [2.75, 3.05) is 6.61 Å². The molecule has 2 heterocycles. The van der Waals surface area contributed by atoms with Gasteiger partial charge in [0, 0.05) is 24.5 Å². The zero-order valence-corrected chi connectivity index (χ0v) is 23.1. The largest absolute Gasteiger partial charge is 0.507 e. The normalized spacial score (nSPS) is 16.1. The average molecular weight is 549 g/mol. The molecule has 208 valence electrons. The van der Waals surface area contributed by atoms with Gasteiger partial charge in [0.2, 0.25) is 0 Å². The van der Waals surface area contributed by atoms with Crippen LogP contribution in [0.3, 0.4) is 0 Å². The van der Waals surface area contributed by atoms with Crippen molar-refractivity contribution in [2.24, 2.45) is 0 Å². The number of carbonyl (C=O) groups excluding carboxylic acids is 2. The van der Waals surface area contributed by atoms with Crippen molar-refractivity contribution >= 4 is 17.4 Å². The molecule has 0 bridgehead atoms. The number of Topliss-reactive ketones (excluding diaryl/α,β-unsaturated/α-hetero) is 1. The molecule has 1 amide bonds. The summed E-state index contributed by atoms with van der Waals surface area (Å²) < 4.78 is 11.7. The molecule has 4 aromatic rings. The lowest BCUT2D eigenvalue weighted by Crippen LogP contribution is -2.29. The molecule has 7 nitrogen and oxygen atoms in total. The van der Waals surface area contributed by atoms with Gasteiger partial charge in [0.05, 0.1) is 18.2 Å². The maximum absolute atomic E-state index is 13.4. The average Bonchev–Trinajstić information content (AvgIpc) is 3.25. The number of likely N-dealkylation sites (tertiary alicyclic amines) is 1. The Hall–Kier alpha value is -4.91. The summed E-state index contributed by atoms with van der Waals surface area (Å²) in [6.45, 7) is 5.23. The van der Waals surface area contributed by atoms with E-state index in [1.165, 1.54) is 4.90 Å². The number of benzene rings is 3. The molecule has 1 N–H and O–H groups in total. The predicted octanol–water partition coefficient (Wildman–Crippen LogP) is 6.38. The van der Waals surface area contributed by atoms with E-state index < -0.39 is 17.7 Å². The van der Waals surface area contributed by atoms with Crippen molar-refractivity contribution in [1.82, 2.24) is 9.88 Å². The van der Waals surface area contributed by atoms with Crippen LogP contribution in [0.1, 0.15) is 47.2 Å². The number of hydrogen-bond acceptors (Lipinski definition) is 6. The highest BCUT2D eigenvalue weighted by Gasteiger charge is 2.46. The van der Waals surface area contributed by atoms with E-state index >= 15 is 0 Å². The molecular formula is C34H32N2O5. The van der Waals surface area contributed by atoms with Crippen LogP contribution < -0.4 is 9.47 Å². The van der Waals surface area contributed by atoms with E-state index in [1.54, 1.807) is 42.7 Å². The third kappa shape index (κ3) is 6.14. The molecule has 5 rings (SSSR count). The van der Waals surface area contributed by atoms with Gasteiger partial charge < -0.3 is 19.5 Å². The SMILES string of the molecule is CCCOc1ccc(C2C(=C(O)c3ccc(OCc4ccccc4C)cc3)C(=O)C(=O)N2Cc2cccnc2)cc1. The molecule has 1 aliphatic rings. The monoisotopic (exact) mass is 548 g/mol. The Kier molecular flexibility index (Phi) is 8.44. The fraction of sp³-hybridized carbons (Fsp3) is 0.206. The van der Waals surface area contributed by atoms with Gasteiger partial charge in [-0.25, -0.2) is 0 Å². The summed E-state index contributed by atoms with van der Waals surface area (Å²) in [5, 5.41) is 11.4. The third-order valence-corrected chi connectivity index (χ3v) is 7.07. The summed E-state index contributed by atoms with van der Waals surface area (Å²) in [6.07, 6.45) is 4.19. The molecule has 1 aliphatic heterocycles. The van der Waals surface area contributed by atoms with E-state index in [0.29, 0.717) is 35.8 Å². The van der Waals surface area contributed by atoms with Gasteiger partial charge in [-0.15, -0.1) is 0 Å². The van der Waals surface area contributed by atoms with Crippen LogP contribution >= 0.6 is 0 Å². The zero-order valence-electron chi connectivity index (χ0n) is 23.1. The highest BCUT2D eigenvalue weighted by atomic mass is 16.5. The maximum atomic E-state index is 13.4. The molecule has 41 heavy (non-hydrogen) atoms. The number of ketones is 1. The number of aliphatic hydroxyl groups excluding tert-OH is 1. The van der Waals surface area contributed by atoms with Crippen LogP contribution in [0.4, 0.5) is 0 Å². The van der Waals surface area contributed by atoms with Crippen molar-refractivity contribution in [1.29, 1.82) is 0 Å². The minimum absolute atomic E-state index is 0.0368. The lowest BCUT2D eigenvalue weighted by Gasteiger charge is -2.25. The second-order valence-corrected chi connectivity index (χ2v) is 9.95. The van der Waals surface area contributed by atoms with Crippen LogP contribution in [0.15, 0.2) is 103 Å². The van der Waals surface area contributed by atoms with Gasteiger partial charge in [0.1, 0.15) is 23.9 Å². The van der Waals surface area contributed by atoms with Crippen molar-refractivity contribution in [2.45, 2.75) is 39.5 Å². The quantitative estimate of drug-likeness (QED) is 0.141. The van der Waals surface area contributed by atoms with E-state index in [4.69, 9.17) is 9.47 Å². The molecule has 1 unspecified atom stereocenters. The minimum atomic E-state index is -0.785. The van der Waals surface area contributed by atoms with E-state index in [1.807, 2.05) is 68.4 Å². The molecule has 1 atom stereocenters. The molecule has 0 spiro atoms. The first kappa shape index (κ1) is 27.6. The lowest BCUT2D eigenvalue weighted by atomic mass is 9.95. The second-order valence-electron chi connectivity index (χ2n) is 9.95. The summed E-state index contributed by atoms with van der Waals surface area (Å²) in [7, 11) is 0. The fourth-order valence-corrected chi connectivity index (χ4v) is 4.84. The van der Waals surface area contributed by atoms with Gasteiger partial charge in [-0.05, 0) is 78.1 Å². The number of amides is 1. The van der Waals surface area contributed by atoms with Gasteiger partial charge in [0.25, 0.3) is 11.7 Å². The first-order valence-corrected chi connectivity index (χ1v) is 13.6. The Labute approximate surface area is 239 Å². The summed E-state index contributed by atoms with van der Waals surface area (Å²) in [5.74, 6) is -0.326. The van der Waals surface area contributed by atoms with Gasteiger partial charge in [-0.1, -0.05) is 49.4 Å². The minimum Gasteiger partial charge on any atom is -0.507 e. The fourth-order valence-electron chi connectivity index (χ4n) is 4.84. The number of pyridine rings is 1. The maximum Gasteiger partial charge on any atom is 0.295 e. The number of rotatable bonds is 10. The second kappa shape index (κ2) is 12.5. The molecule has 0 saturated carbocycles. The number of ether oxygens (including phenoxy) is 2. The van der Waals surface area contributed by atoms with E-state index in [2.05, 4.69) is 4.98 Å². The van der Waals surface area contributed by atoms with Crippen LogP contribution in [-0.2, 0) is 22.7 Å². The summed E-state index contributed by atoms with van der Waals surface area (Å²) in [5.41, 5.74) is 4.14.